The number of anilines is 1. The SMILES string of the molecule is CC[C@@H](O)C[C@H](O)C=Cc1c(-c2ccc(F)cc2)nc(N(C)S(C)(=O)=O)nc1C(C)C. The smallest absolute Gasteiger partial charge is 0.239 e. The zero-order valence-electron chi connectivity index (χ0n) is 18.4. The molecule has 0 radical (unpaired) electrons. The Hall–Kier alpha value is -2.36. The molecule has 0 aliphatic heterocycles. The highest BCUT2D eigenvalue weighted by atomic mass is 32.2. The first-order valence-electron chi connectivity index (χ1n) is 10.1. The van der Waals surface area contributed by atoms with E-state index in [9.17, 15) is 23.0 Å². The summed E-state index contributed by atoms with van der Waals surface area (Å²) in [5.41, 5.74) is 2.18. The Labute approximate surface area is 183 Å². The normalized spacial score (nSPS) is 14.2. The number of aliphatic hydroxyl groups excluding tert-OH is 2. The number of rotatable bonds is 9. The van der Waals surface area contributed by atoms with Gasteiger partial charge in [0.15, 0.2) is 0 Å². The van der Waals surface area contributed by atoms with Crippen molar-refractivity contribution in [2.45, 2.75) is 51.7 Å². The molecule has 31 heavy (non-hydrogen) atoms. The predicted molar refractivity (Wildman–Crippen MR) is 121 cm³/mol. The lowest BCUT2D eigenvalue weighted by molar-refractivity contribution is 0.102. The van der Waals surface area contributed by atoms with Gasteiger partial charge in [-0.25, -0.2) is 27.1 Å². The monoisotopic (exact) mass is 451 g/mol. The summed E-state index contributed by atoms with van der Waals surface area (Å²) in [6.45, 7) is 5.65. The second-order valence-electron chi connectivity index (χ2n) is 7.79. The van der Waals surface area contributed by atoms with Gasteiger partial charge in [-0.15, -0.1) is 0 Å². The van der Waals surface area contributed by atoms with E-state index in [1.54, 1.807) is 24.3 Å². The van der Waals surface area contributed by atoms with Gasteiger partial charge in [-0.2, -0.15) is 0 Å². The van der Waals surface area contributed by atoms with Crippen molar-refractivity contribution in [2.24, 2.45) is 0 Å². The number of aliphatic hydroxyl groups is 2. The van der Waals surface area contributed by atoms with Gasteiger partial charge in [-0.05, 0) is 36.6 Å². The third-order valence-corrected chi connectivity index (χ3v) is 6.04. The second kappa shape index (κ2) is 10.3. The largest absolute Gasteiger partial charge is 0.393 e. The van der Waals surface area contributed by atoms with Gasteiger partial charge in [0, 0.05) is 24.6 Å². The van der Waals surface area contributed by atoms with Crippen LogP contribution in [0.15, 0.2) is 30.3 Å². The van der Waals surface area contributed by atoms with E-state index < -0.39 is 28.0 Å². The molecule has 0 spiro atoms. The molecule has 0 fully saturated rings. The highest BCUT2D eigenvalue weighted by Crippen LogP contribution is 2.31. The Morgan fingerprint density at radius 3 is 2.29 bits per heavy atom. The first-order valence-corrected chi connectivity index (χ1v) is 11.9. The van der Waals surface area contributed by atoms with Crippen molar-refractivity contribution in [3.8, 4) is 11.3 Å². The molecule has 2 aromatic rings. The van der Waals surface area contributed by atoms with Crippen LogP contribution in [0.25, 0.3) is 17.3 Å². The Kier molecular flexibility index (Phi) is 8.27. The van der Waals surface area contributed by atoms with Crippen molar-refractivity contribution in [3.05, 3.63) is 47.4 Å². The van der Waals surface area contributed by atoms with Gasteiger partial charge >= 0.3 is 0 Å². The van der Waals surface area contributed by atoms with Crippen LogP contribution < -0.4 is 4.31 Å². The standard InChI is InChI=1S/C22H30FN3O4S/c1-6-17(27)13-18(28)11-12-19-20(14(2)3)24-22(26(4)31(5,29)30)25-21(19)15-7-9-16(23)10-8-15/h7-12,14,17-18,27-28H,6,13H2,1-5H3/t17-,18-/m1/s1. The third kappa shape index (κ3) is 6.56. The molecule has 0 saturated heterocycles. The summed E-state index contributed by atoms with van der Waals surface area (Å²) < 4.78 is 38.6. The van der Waals surface area contributed by atoms with Gasteiger partial charge in [0.2, 0.25) is 16.0 Å². The maximum absolute atomic E-state index is 13.5. The van der Waals surface area contributed by atoms with Gasteiger partial charge in [0.1, 0.15) is 5.82 Å². The molecule has 170 valence electrons. The lowest BCUT2D eigenvalue weighted by Crippen LogP contribution is -2.27. The molecule has 1 aromatic heterocycles. The Bertz CT molecular complexity index is 1020. The summed E-state index contributed by atoms with van der Waals surface area (Å²) >= 11 is 0. The fourth-order valence-corrected chi connectivity index (χ4v) is 3.31. The third-order valence-electron chi connectivity index (χ3n) is 4.88. The minimum Gasteiger partial charge on any atom is -0.393 e. The van der Waals surface area contributed by atoms with Crippen LogP contribution in [0.2, 0.25) is 0 Å². The molecule has 0 saturated carbocycles. The quantitative estimate of drug-likeness (QED) is 0.606. The summed E-state index contributed by atoms with van der Waals surface area (Å²) in [4.78, 5) is 8.94. The fraction of sp³-hybridized carbons (Fsp3) is 0.455. The van der Waals surface area contributed by atoms with Gasteiger partial charge in [0.05, 0.1) is 29.9 Å². The van der Waals surface area contributed by atoms with Crippen LogP contribution in [0, 0.1) is 5.82 Å². The van der Waals surface area contributed by atoms with Crippen molar-refractivity contribution in [1.29, 1.82) is 0 Å². The van der Waals surface area contributed by atoms with E-state index in [1.807, 2.05) is 20.8 Å². The molecule has 0 aliphatic rings. The summed E-state index contributed by atoms with van der Waals surface area (Å²) in [5, 5.41) is 20.0. The minimum absolute atomic E-state index is 0.00429. The molecule has 0 bridgehead atoms. The Balaban J connectivity index is 2.69. The van der Waals surface area contributed by atoms with Crippen LogP contribution in [-0.2, 0) is 10.0 Å². The molecule has 1 heterocycles. The lowest BCUT2D eigenvalue weighted by atomic mass is 9.97. The molecule has 2 rings (SSSR count). The van der Waals surface area contributed by atoms with Crippen molar-refractivity contribution in [2.75, 3.05) is 17.6 Å². The average Bonchev–Trinajstić information content (AvgIpc) is 2.70. The first kappa shape index (κ1) is 24.9. The van der Waals surface area contributed by atoms with E-state index in [0.717, 1.165) is 10.6 Å². The number of sulfonamides is 1. The number of halogens is 1. The average molecular weight is 452 g/mol. The van der Waals surface area contributed by atoms with E-state index in [1.165, 1.54) is 19.2 Å². The Morgan fingerprint density at radius 2 is 1.77 bits per heavy atom. The highest BCUT2D eigenvalue weighted by Gasteiger charge is 2.22. The number of nitrogens with zero attached hydrogens (tertiary/aromatic N) is 3. The topological polar surface area (TPSA) is 104 Å². The molecule has 0 amide bonds. The number of hydrogen-bond donors (Lipinski definition) is 2. The van der Waals surface area contributed by atoms with Crippen LogP contribution in [0.3, 0.4) is 0 Å². The van der Waals surface area contributed by atoms with Gasteiger partial charge in [-0.3, -0.25) is 0 Å². The maximum atomic E-state index is 13.5. The van der Waals surface area contributed by atoms with Crippen LogP contribution in [0.5, 0.6) is 0 Å². The minimum atomic E-state index is -3.60. The molecule has 7 nitrogen and oxygen atoms in total. The zero-order valence-corrected chi connectivity index (χ0v) is 19.3. The Morgan fingerprint density at radius 1 is 1.16 bits per heavy atom. The maximum Gasteiger partial charge on any atom is 0.239 e. The molecule has 2 atom stereocenters. The molecule has 1 aromatic carbocycles. The van der Waals surface area contributed by atoms with E-state index in [-0.39, 0.29) is 18.3 Å². The van der Waals surface area contributed by atoms with Gasteiger partial charge < -0.3 is 10.2 Å². The molecule has 0 aliphatic carbocycles. The van der Waals surface area contributed by atoms with E-state index in [0.29, 0.717) is 28.9 Å². The van der Waals surface area contributed by atoms with Crippen LogP contribution in [0.4, 0.5) is 10.3 Å². The summed E-state index contributed by atoms with van der Waals surface area (Å²) in [6.07, 6.45) is 3.50. The molecular weight excluding hydrogens is 421 g/mol. The molecule has 2 N–H and O–H groups in total. The molecule has 0 unspecified atom stereocenters. The van der Waals surface area contributed by atoms with Crippen molar-refractivity contribution in [1.82, 2.24) is 9.97 Å². The summed E-state index contributed by atoms with van der Waals surface area (Å²) in [6, 6.07) is 5.71. The fourth-order valence-electron chi connectivity index (χ4n) is 2.93. The van der Waals surface area contributed by atoms with Crippen molar-refractivity contribution < 1.29 is 23.0 Å². The van der Waals surface area contributed by atoms with E-state index in [2.05, 4.69) is 9.97 Å². The van der Waals surface area contributed by atoms with Crippen LogP contribution in [-0.4, -0.2) is 54.1 Å². The van der Waals surface area contributed by atoms with Crippen molar-refractivity contribution in [3.63, 3.8) is 0 Å². The number of benzene rings is 1. The zero-order chi connectivity index (χ0) is 23.3. The number of aromatic nitrogens is 2. The molecule has 9 heteroatoms. The summed E-state index contributed by atoms with van der Waals surface area (Å²) in [5.74, 6) is -0.493. The second-order valence-corrected chi connectivity index (χ2v) is 9.80. The van der Waals surface area contributed by atoms with Crippen LogP contribution in [0.1, 0.15) is 50.8 Å². The van der Waals surface area contributed by atoms with E-state index >= 15 is 0 Å². The predicted octanol–water partition coefficient (Wildman–Crippen LogP) is 3.34. The van der Waals surface area contributed by atoms with E-state index in [4.69, 9.17) is 0 Å². The van der Waals surface area contributed by atoms with Gasteiger partial charge in [-0.1, -0.05) is 32.9 Å². The highest BCUT2D eigenvalue weighted by molar-refractivity contribution is 7.92. The number of hydrogen-bond acceptors (Lipinski definition) is 6. The molecular formula is C22H30FN3O4S. The lowest BCUT2D eigenvalue weighted by Gasteiger charge is -2.20. The van der Waals surface area contributed by atoms with Crippen LogP contribution >= 0.6 is 0 Å². The first-order chi connectivity index (χ1) is 14.4. The van der Waals surface area contributed by atoms with Crippen molar-refractivity contribution >= 4 is 22.0 Å². The van der Waals surface area contributed by atoms with Gasteiger partial charge in [0.25, 0.3) is 0 Å². The summed E-state index contributed by atoms with van der Waals surface area (Å²) in [7, 11) is -2.23.